The first-order chi connectivity index (χ1) is 19.0. The predicted octanol–water partition coefficient (Wildman–Crippen LogP) is 2.59. The van der Waals surface area contributed by atoms with Gasteiger partial charge in [0.2, 0.25) is 23.8 Å². The third kappa shape index (κ3) is 5.04. The van der Waals surface area contributed by atoms with Crippen LogP contribution < -0.4 is 15.5 Å². The van der Waals surface area contributed by atoms with Crippen LogP contribution in [0.4, 0.5) is 32.3 Å². The van der Waals surface area contributed by atoms with E-state index < -0.39 is 12.2 Å². The zero-order valence-electron chi connectivity index (χ0n) is 21.5. The number of alkyl halides is 2. The third-order valence-electron chi connectivity index (χ3n) is 7.02. The number of rotatable bonds is 6. The lowest BCUT2D eigenvalue weighted by Crippen LogP contribution is -2.43. The monoisotopic (exact) mass is 537 g/mol. The maximum atomic E-state index is 14.3. The topological polar surface area (TPSA) is 127 Å². The number of ether oxygens (including phenoxy) is 1. The van der Waals surface area contributed by atoms with Crippen molar-refractivity contribution in [1.82, 2.24) is 39.4 Å². The molecular weight excluding hydrogens is 508 g/mol. The number of piperidine rings is 1. The van der Waals surface area contributed by atoms with Crippen molar-refractivity contribution in [2.45, 2.75) is 25.3 Å². The first kappa shape index (κ1) is 25.2. The van der Waals surface area contributed by atoms with E-state index in [1.54, 1.807) is 24.3 Å². The van der Waals surface area contributed by atoms with Crippen LogP contribution in [-0.4, -0.2) is 91.9 Å². The molecule has 0 spiro atoms. The number of hydrogen-bond acceptors (Lipinski definition) is 11. The average Bonchev–Trinajstić information content (AvgIpc) is 3.36. The molecule has 204 valence electrons. The number of imidazole rings is 1. The fourth-order valence-electron chi connectivity index (χ4n) is 4.98. The number of anilines is 4. The number of morpholine rings is 1. The van der Waals surface area contributed by atoms with Crippen LogP contribution in [0.3, 0.4) is 0 Å². The van der Waals surface area contributed by atoms with Gasteiger partial charge in [0.1, 0.15) is 0 Å². The quantitative estimate of drug-likeness (QED) is 0.390. The molecule has 2 saturated heterocycles. The van der Waals surface area contributed by atoms with Crippen molar-refractivity contribution in [3.8, 4) is 5.95 Å². The zero-order chi connectivity index (χ0) is 26.9. The number of aromatic nitrogens is 7. The van der Waals surface area contributed by atoms with Crippen molar-refractivity contribution in [1.29, 1.82) is 0 Å². The fraction of sp³-hybridized carbons (Fsp3) is 0.440. The Labute approximate surface area is 223 Å². The van der Waals surface area contributed by atoms with Crippen LogP contribution in [0.25, 0.3) is 17.0 Å². The number of halogens is 2. The Morgan fingerprint density at radius 3 is 2.33 bits per heavy atom. The van der Waals surface area contributed by atoms with Gasteiger partial charge in [0.25, 0.3) is 6.43 Å². The average molecular weight is 538 g/mol. The highest BCUT2D eigenvalue weighted by Crippen LogP contribution is 2.31. The number of benzene rings is 1. The van der Waals surface area contributed by atoms with Gasteiger partial charge in [-0.25, -0.2) is 23.7 Å². The molecule has 12 nitrogen and oxygen atoms in total. The van der Waals surface area contributed by atoms with E-state index in [4.69, 9.17) is 20.4 Å². The first-order valence-corrected chi connectivity index (χ1v) is 12.9. The summed E-state index contributed by atoms with van der Waals surface area (Å²) in [5.74, 6) is 0.645. The van der Waals surface area contributed by atoms with Gasteiger partial charge >= 0.3 is 0 Å². The van der Waals surface area contributed by atoms with Crippen LogP contribution in [0.2, 0.25) is 0 Å². The SMILES string of the molecule is CN1CCC(N(c2ncc(N)cn2)c2nc(N3CCOCC3)nc(-n3c(C(F)F)nc4ccccc43)n2)CC1. The minimum Gasteiger partial charge on any atom is -0.396 e. The summed E-state index contributed by atoms with van der Waals surface area (Å²) in [6, 6.07) is 6.92. The van der Waals surface area contributed by atoms with Crippen molar-refractivity contribution < 1.29 is 13.5 Å². The normalized spacial score (nSPS) is 17.3. The van der Waals surface area contributed by atoms with Gasteiger partial charge in [0.05, 0.1) is 42.3 Å². The molecule has 0 saturated carbocycles. The molecule has 0 amide bonds. The summed E-state index contributed by atoms with van der Waals surface area (Å²) >= 11 is 0. The van der Waals surface area contributed by atoms with Gasteiger partial charge in [0, 0.05) is 19.1 Å². The van der Waals surface area contributed by atoms with E-state index in [2.05, 4.69) is 31.9 Å². The van der Waals surface area contributed by atoms with E-state index in [1.165, 1.54) is 17.0 Å². The first-order valence-electron chi connectivity index (χ1n) is 12.9. The lowest BCUT2D eigenvalue weighted by molar-refractivity contribution is 0.122. The molecule has 0 atom stereocenters. The smallest absolute Gasteiger partial charge is 0.296 e. The molecule has 2 aliphatic rings. The van der Waals surface area contributed by atoms with E-state index in [-0.39, 0.29) is 17.9 Å². The lowest BCUT2D eigenvalue weighted by atomic mass is 10.0. The second-order valence-electron chi connectivity index (χ2n) is 9.65. The highest BCUT2D eigenvalue weighted by molar-refractivity contribution is 5.77. The number of para-hydroxylation sites is 2. The Hall–Kier alpha value is -4.04. The van der Waals surface area contributed by atoms with Crippen LogP contribution in [0.15, 0.2) is 36.7 Å². The Balaban J connectivity index is 1.55. The minimum absolute atomic E-state index is 0.0216. The fourth-order valence-corrected chi connectivity index (χ4v) is 4.98. The van der Waals surface area contributed by atoms with E-state index in [9.17, 15) is 8.78 Å². The molecule has 5 heterocycles. The molecule has 2 N–H and O–H groups in total. The van der Waals surface area contributed by atoms with Gasteiger partial charge in [-0.2, -0.15) is 15.0 Å². The van der Waals surface area contributed by atoms with Gasteiger partial charge in [-0.1, -0.05) is 12.1 Å². The minimum atomic E-state index is -2.84. The van der Waals surface area contributed by atoms with Gasteiger partial charge in [0.15, 0.2) is 5.82 Å². The Morgan fingerprint density at radius 1 is 0.923 bits per heavy atom. The second kappa shape index (κ2) is 10.6. The van der Waals surface area contributed by atoms with Gasteiger partial charge in [-0.15, -0.1) is 0 Å². The summed E-state index contributed by atoms with van der Waals surface area (Å²) in [6.45, 7) is 3.86. The van der Waals surface area contributed by atoms with Crippen LogP contribution >= 0.6 is 0 Å². The molecule has 1 aromatic carbocycles. The molecule has 0 aliphatic carbocycles. The summed E-state index contributed by atoms with van der Waals surface area (Å²) in [6.07, 6.45) is 1.86. The van der Waals surface area contributed by atoms with Crippen LogP contribution in [-0.2, 0) is 4.74 Å². The number of nitrogens with two attached hydrogens (primary N) is 1. The van der Waals surface area contributed by atoms with Crippen molar-refractivity contribution in [3.05, 3.63) is 42.5 Å². The molecular formula is C25H29F2N11O. The number of hydrogen-bond donors (Lipinski definition) is 1. The molecule has 6 rings (SSSR count). The van der Waals surface area contributed by atoms with Crippen molar-refractivity contribution in [2.75, 3.05) is 62.0 Å². The molecule has 2 fully saturated rings. The Kier molecular flexibility index (Phi) is 6.87. The van der Waals surface area contributed by atoms with E-state index in [1.807, 2.05) is 9.80 Å². The summed E-state index contributed by atoms with van der Waals surface area (Å²) in [7, 11) is 2.08. The summed E-state index contributed by atoms with van der Waals surface area (Å²) < 4.78 is 35.4. The summed E-state index contributed by atoms with van der Waals surface area (Å²) in [5, 5.41) is 0. The van der Waals surface area contributed by atoms with Crippen LogP contribution in [0.5, 0.6) is 0 Å². The molecule has 0 bridgehead atoms. The van der Waals surface area contributed by atoms with Gasteiger partial charge < -0.3 is 20.3 Å². The highest BCUT2D eigenvalue weighted by Gasteiger charge is 2.31. The standard InChI is InChI=1S/C25H29F2N11O/c1-35-8-6-17(7-9-35)37(22-29-14-16(28)15-30-22)24-32-23(36-10-12-39-13-11-36)33-25(34-24)38-19-5-3-2-4-18(19)31-21(38)20(26)27/h2-5,14-15,17,20H,6-13,28H2,1H3. The zero-order valence-corrected chi connectivity index (χ0v) is 21.5. The maximum absolute atomic E-state index is 14.3. The number of nitrogens with zero attached hydrogens (tertiary/aromatic N) is 10. The van der Waals surface area contributed by atoms with Crippen molar-refractivity contribution in [2.24, 2.45) is 0 Å². The Bertz CT molecular complexity index is 1430. The van der Waals surface area contributed by atoms with Gasteiger partial charge in [-0.3, -0.25) is 9.47 Å². The molecule has 39 heavy (non-hydrogen) atoms. The summed E-state index contributed by atoms with van der Waals surface area (Å²) in [5.41, 5.74) is 7.21. The van der Waals surface area contributed by atoms with Gasteiger partial charge in [-0.05, 0) is 45.1 Å². The lowest BCUT2D eigenvalue weighted by Gasteiger charge is -2.36. The highest BCUT2D eigenvalue weighted by atomic mass is 19.3. The van der Waals surface area contributed by atoms with Crippen LogP contribution in [0, 0.1) is 0 Å². The van der Waals surface area contributed by atoms with E-state index >= 15 is 0 Å². The molecule has 14 heteroatoms. The third-order valence-corrected chi connectivity index (χ3v) is 7.02. The number of fused-ring (bicyclic) bond motifs is 1. The maximum Gasteiger partial charge on any atom is 0.296 e. The van der Waals surface area contributed by atoms with E-state index in [0.717, 1.165) is 25.9 Å². The molecule has 0 unspecified atom stereocenters. The largest absolute Gasteiger partial charge is 0.396 e. The molecule has 3 aromatic heterocycles. The van der Waals surface area contributed by atoms with Crippen molar-refractivity contribution >= 4 is 34.6 Å². The Morgan fingerprint density at radius 2 is 1.62 bits per heavy atom. The van der Waals surface area contributed by atoms with Crippen LogP contribution in [0.1, 0.15) is 25.1 Å². The predicted molar refractivity (Wildman–Crippen MR) is 142 cm³/mol. The number of nitrogen functional groups attached to an aromatic ring is 1. The van der Waals surface area contributed by atoms with E-state index in [0.29, 0.717) is 54.9 Å². The summed E-state index contributed by atoms with van der Waals surface area (Å²) in [4.78, 5) is 33.5. The number of likely N-dealkylation sites (tertiary alicyclic amines) is 1. The molecule has 0 radical (unpaired) electrons. The molecule has 2 aliphatic heterocycles. The second-order valence-corrected chi connectivity index (χ2v) is 9.65. The van der Waals surface area contributed by atoms with Crippen molar-refractivity contribution in [3.63, 3.8) is 0 Å². The molecule has 4 aromatic rings.